The zero-order valence-electron chi connectivity index (χ0n) is 14.6. The van der Waals surface area contributed by atoms with Crippen LogP contribution >= 0.6 is 0 Å². The number of carbonyl (C=O) groups is 2. The van der Waals surface area contributed by atoms with Crippen molar-refractivity contribution in [1.82, 2.24) is 4.90 Å². The van der Waals surface area contributed by atoms with E-state index in [1.807, 2.05) is 36.4 Å². The number of para-hydroxylation sites is 1. The lowest BCUT2D eigenvalue weighted by Crippen LogP contribution is -2.33. The zero-order valence-corrected chi connectivity index (χ0v) is 14.6. The van der Waals surface area contributed by atoms with Crippen LogP contribution in [0, 0.1) is 0 Å². The van der Waals surface area contributed by atoms with Gasteiger partial charge >= 0.3 is 5.97 Å². The Labute approximate surface area is 147 Å². The number of rotatable bonds is 7. The minimum atomic E-state index is -0.432. The molecule has 0 saturated heterocycles. The van der Waals surface area contributed by atoms with Gasteiger partial charge in [0.25, 0.3) is 5.91 Å². The number of methoxy groups -OCH3 is 1. The van der Waals surface area contributed by atoms with Crippen LogP contribution in [0.5, 0.6) is 5.75 Å². The van der Waals surface area contributed by atoms with Crippen molar-refractivity contribution in [2.45, 2.75) is 6.92 Å². The third kappa shape index (κ3) is 4.97. The van der Waals surface area contributed by atoms with E-state index in [2.05, 4.69) is 5.32 Å². The van der Waals surface area contributed by atoms with Crippen molar-refractivity contribution in [2.24, 2.45) is 0 Å². The van der Waals surface area contributed by atoms with Gasteiger partial charge in [0.1, 0.15) is 12.3 Å². The van der Waals surface area contributed by atoms with E-state index in [0.717, 1.165) is 11.4 Å². The van der Waals surface area contributed by atoms with Crippen molar-refractivity contribution < 1.29 is 19.1 Å². The molecule has 25 heavy (non-hydrogen) atoms. The third-order valence-electron chi connectivity index (χ3n) is 3.54. The van der Waals surface area contributed by atoms with Crippen LogP contribution in [0.25, 0.3) is 0 Å². The van der Waals surface area contributed by atoms with Crippen LogP contribution < -0.4 is 10.1 Å². The van der Waals surface area contributed by atoms with Crippen molar-refractivity contribution in [2.75, 3.05) is 32.6 Å². The van der Waals surface area contributed by atoms with Gasteiger partial charge in [0.2, 0.25) is 0 Å². The first-order valence-electron chi connectivity index (χ1n) is 7.96. The summed E-state index contributed by atoms with van der Waals surface area (Å²) in [5.41, 5.74) is 1.97. The summed E-state index contributed by atoms with van der Waals surface area (Å²) in [7, 11) is 3.18. The second-order valence-electron chi connectivity index (χ2n) is 5.37. The molecule has 132 valence electrons. The second kappa shape index (κ2) is 8.73. The van der Waals surface area contributed by atoms with Crippen LogP contribution in [0.15, 0.2) is 48.5 Å². The van der Waals surface area contributed by atoms with Crippen LogP contribution in [0.1, 0.15) is 17.3 Å². The summed E-state index contributed by atoms with van der Waals surface area (Å²) < 4.78 is 10.0. The Morgan fingerprint density at radius 2 is 1.76 bits per heavy atom. The van der Waals surface area contributed by atoms with Crippen molar-refractivity contribution >= 4 is 23.3 Å². The first-order chi connectivity index (χ1) is 12.0. The summed E-state index contributed by atoms with van der Waals surface area (Å²) in [5.74, 6) is 0.0627. The smallest absolute Gasteiger partial charge is 0.325 e. The van der Waals surface area contributed by atoms with Gasteiger partial charge in [-0.15, -0.1) is 0 Å². The Bertz CT molecular complexity index is 728. The van der Waals surface area contributed by atoms with Gasteiger partial charge in [0, 0.05) is 12.7 Å². The first kappa shape index (κ1) is 18.3. The fourth-order valence-electron chi connectivity index (χ4n) is 2.29. The molecule has 1 N–H and O–H groups in total. The number of hydrogen-bond acceptors (Lipinski definition) is 5. The molecule has 2 aromatic carbocycles. The normalized spacial score (nSPS) is 10.0. The Hall–Kier alpha value is -3.02. The highest BCUT2D eigenvalue weighted by molar-refractivity contribution is 6.01. The highest BCUT2D eigenvalue weighted by atomic mass is 16.5. The van der Waals surface area contributed by atoms with Gasteiger partial charge in [-0.3, -0.25) is 9.59 Å². The number of likely N-dealkylation sites (N-methyl/N-ethyl adjacent to an activating group) is 1. The standard InChI is InChI=1S/C19H22N2O4/c1-4-25-18(22)13-21(2)19(23)16-7-5-6-8-17(16)20-14-9-11-15(24-3)12-10-14/h5-12,20H,4,13H2,1-3H3. The molecule has 0 fully saturated rings. The number of benzene rings is 2. The van der Waals surface area contributed by atoms with Crippen LogP contribution in [-0.4, -0.2) is 44.1 Å². The van der Waals surface area contributed by atoms with E-state index in [9.17, 15) is 9.59 Å². The molecule has 0 radical (unpaired) electrons. The summed E-state index contributed by atoms with van der Waals surface area (Å²) in [4.78, 5) is 25.6. The zero-order chi connectivity index (χ0) is 18.2. The highest BCUT2D eigenvalue weighted by Gasteiger charge is 2.18. The molecule has 6 heteroatoms. The summed E-state index contributed by atoms with van der Waals surface area (Å²) >= 11 is 0. The van der Waals surface area contributed by atoms with Gasteiger partial charge in [-0.1, -0.05) is 12.1 Å². The number of hydrogen-bond donors (Lipinski definition) is 1. The number of nitrogens with one attached hydrogen (secondary N) is 1. The summed E-state index contributed by atoms with van der Waals surface area (Å²) in [5, 5.41) is 3.22. The first-order valence-corrected chi connectivity index (χ1v) is 7.96. The molecule has 2 rings (SSSR count). The minimum Gasteiger partial charge on any atom is -0.497 e. The molecule has 0 aliphatic heterocycles. The molecule has 0 heterocycles. The molecule has 0 unspecified atom stereocenters. The molecule has 2 aromatic rings. The monoisotopic (exact) mass is 342 g/mol. The maximum absolute atomic E-state index is 12.7. The Balaban J connectivity index is 2.15. The molecule has 0 saturated carbocycles. The average Bonchev–Trinajstić information content (AvgIpc) is 2.62. The van der Waals surface area contributed by atoms with Gasteiger partial charge < -0.3 is 19.7 Å². The maximum atomic E-state index is 12.7. The van der Waals surface area contributed by atoms with E-state index in [-0.39, 0.29) is 19.1 Å². The number of esters is 1. The Kier molecular flexibility index (Phi) is 6.39. The lowest BCUT2D eigenvalue weighted by Gasteiger charge is -2.18. The molecular weight excluding hydrogens is 320 g/mol. The van der Waals surface area contributed by atoms with E-state index in [0.29, 0.717) is 11.3 Å². The fourth-order valence-corrected chi connectivity index (χ4v) is 2.29. The van der Waals surface area contributed by atoms with E-state index in [1.54, 1.807) is 33.2 Å². The maximum Gasteiger partial charge on any atom is 0.325 e. The molecular formula is C19H22N2O4. The van der Waals surface area contributed by atoms with E-state index >= 15 is 0 Å². The van der Waals surface area contributed by atoms with Crippen molar-refractivity contribution in [3.63, 3.8) is 0 Å². The van der Waals surface area contributed by atoms with Gasteiger partial charge in [0.15, 0.2) is 0 Å². The highest BCUT2D eigenvalue weighted by Crippen LogP contribution is 2.23. The number of anilines is 2. The Morgan fingerprint density at radius 3 is 2.40 bits per heavy atom. The predicted molar refractivity (Wildman–Crippen MR) is 96.3 cm³/mol. The molecule has 0 aromatic heterocycles. The largest absolute Gasteiger partial charge is 0.497 e. The molecule has 0 atom stereocenters. The van der Waals surface area contributed by atoms with Crippen LogP contribution in [0.3, 0.4) is 0 Å². The molecule has 1 amide bonds. The van der Waals surface area contributed by atoms with Gasteiger partial charge in [0.05, 0.1) is 25.0 Å². The average molecular weight is 342 g/mol. The SMILES string of the molecule is CCOC(=O)CN(C)C(=O)c1ccccc1Nc1ccc(OC)cc1. The van der Waals surface area contributed by atoms with Gasteiger partial charge in [-0.25, -0.2) is 0 Å². The number of carbonyl (C=O) groups excluding carboxylic acids is 2. The van der Waals surface area contributed by atoms with Gasteiger partial charge in [-0.2, -0.15) is 0 Å². The minimum absolute atomic E-state index is 0.0937. The van der Waals surface area contributed by atoms with Gasteiger partial charge in [-0.05, 0) is 43.3 Å². The molecule has 0 aliphatic carbocycles. The number of amides is 1. The molecule has 0 spiro atoms. The fraction of sp³-hybridized carbons (Fsp3) is 0.263. The van der Waals surface area contributed by atoms with Crippen LogP contribution in [0.4, 0.5) is 11.4 Å². The summed E-state index contributed by atoms with van der Waals surface area (Å²) in [6.45, 7) is 1.92. The molecule has 0 bridgehead atoms. The second-order valence-corrected chi connectivity index (χ2v) is 5.37. The van der Waals surface area contributed by atoms with Crippen molar-refractivity contribution in [1.29, 1.82) is 0 Å². The molecule has 0 aliphatic rings. The van der Waals surface area contributed by atoms with E-state index in [4.69, 9.17) is 9.47 Å². The van der Waals surface area contributed by atoms with Crippen molar-refractivity contribution in [3.8, 4) is 5.75 Å². The topological polar surface area (TPSA) is 67.9 Å². The summed E-state index contributed by atoms with van der Waals surface area (Å²) in [6.07, 6.45) is 0. The van der Waals surface area contributed by atoms with Crippen molar-refractivity contribution in [3.05, 3.63) is 54.1 Å². The summed E-state index contributed by atoms with van der Waals surface area (Å²) in [6, 6.07) is 14.5. The lowest BCUT2D eigenvalue weighted by atomic mass is 10.1. The third-order valence-corrected chi connectivity index (χ3v) is 3.54. The lowest BCUT2D eigenvalue weighted by molar-refractivity contribution is -0.143. The Morgan fingerprint density at radius 1 is 1.08 bits per heavy atom. The quantitative estimate of drug-likeness (QED) is 0.783. The van der Waals surface area contributed by atoms with E-state index in [1.165, 1.54) is 4.90 Å². The number of ether oxygens (including phenoxy) is 2. The number of nitrogens with zero attached hydrogens (tertiary/aromatic N) is 1. The molecule has 6 nitrogen and oxygen atoms in total. The van der Waals surface area contributed by atoms with Crippen LogP contribution in [0.2, 0.25) is 0 Å². The van der Waals surface area contributed by atoms with Crippen LogP contribution in [-0.2, 0) is 9.53 Å². The predicted octanol–water partition coefficient (Wildman–Crippen LogP) is 3.07. The van der Waals surface area contributed by atoms with E-state index < -0.39 is 5.97 Å².